The van der Waals surface area contributed by atoms with Crippen LogP contribution in [0.15, 0.2) is 0 Å². The molecule has 0 rings (SSSR count). The van der Waals surface area contributed by atoms with Crippen LogP contribution >= 0.6 is 10.7 Å². The van der Waals surface area contributed by atoms with Gasteiger partial charge in [0.05, 0.1) is 45.4 Å². The number of carbonyl (C=O) groups excluding carboxylic acids is 2. The lowest BCUT2D eigenvalue weighted by atomic mass is 10.5. The normalized spacial score (nSPS) is 10.1. The van der Waals surface area contributed by atoms with Gasteiger partial charge >= 0.3 is 11.9 Å². The van der Waals surface area contributed by atoms with E-state index in [1.807, 2.05) is 0 Å². The summed E-state index contributed by atoms with van der Waals surface area (Å²) in [5, 5.41) is 7.99. The van der Waals surface area contributed by atoms with Gasteiger partial charge in [-0.15, -0.1) is 0 Å². The van der Waals surface area contributed by atoms with E-state index >= 15 is 0 Å². The highest BCUT2D eigenvalue weighted by atomic mass is 35.7. The van der Waals surface area contributed by atoms with Crippen molar-refractivity contribution in [1.82, 2.24) is 4.90 Å². The molecule has 0 saturated heterocycles. The number of hydrogen-bond acceptors (Lipinski definition) is 11. The fourth-order valence-electron chi connectivity index (χ4n) is 1.99. The third-order valence-corrected chi connectivity index (χ3v) is 4.52. The molecule has 0 aromatic rings. The minimum atomic E-state index is -3.54. The molecule has 0 radical (unpaired) electrons. The monoisotopic (exact) mass is 638 g/mol. The van der Waals surface area contributed by atoms with Crippen LogP contribution in [0, 0.1) is 0 Å². The van der Waals surface area contributed by atoms with Gasteiger partial charge in [0.1, 0.15) is 6.61 Å². The van der Waals surface area contributed by atoms with Gasteiger partial charge in [-0.05, 0) is 54.3 Å². The van der Waals surface area contributed by atoms with Crippen LogP contribution < -0.4 is 17.3 Å². The molecule has 0 spiro atoms. The molecule has 0 unspecified atom stereocenters. The molecule has 0 saturated carbocycles. The summed E-state index contributed by atoms with van der Waals surface area (Å²) in [4.78, 5) is 24.5. The third-order valence-electron chi connectivity index (χ3n) is 3.97. The molecule has 0 fully saturated rings. The Balaban J connectivity index is -0.0000000858. The van der Waals surface area contributed by atoms with E-state index in [4.69, 9.17) is 5.11 Å². The average Bonchev–Trinajstić information content (AvgIpc) is 2.80. The fourth-order valence-corrected chi connectivity index (χ4v) is 2.30. The SMILES string of the molecule is CCN(CC)CC.CCOC(=O)CO.CCOC(=O)COS(C)(=O)=O.CC[NH+](CC)CC.CS(=O)(=O)Cl.[Cl-]. The van der Waals surface area contributed by atoms with E-state index in [9.17, 15) is 26.4 Å². The molecule has 2 N–H and O–H groups in total. The van der Waals surface area contributed by atoms with Crippen LogP contribution in [0.2, 0.25) is 0 Å². The standard InChI is InChI=1S/2C6H15N.C5H10O5S.C4H8O3.CH3ClO2S.ClH/c2*1-4-7(5-2)6-3;1-3-9-5(6)4-10-11(2,7)8;1-2-7-4(6)3-5;1-5(2,3)4;/h2*4-6H2,1-3H3;3-4H2,1-2H3;5H,2-3H2,1H3;1H3;1H. The summed E-state index contributed by atoms with van der Waals surface area (Å²) in [6.07, 6.45) is 1.79. The highest BCUT2D eigenvalue weighted by Crippen LogP contribution is 1.87. The number of ether oxygens (including phenoxy) is 2. The van der Waals surface area contributed by atoms with Crippen LogP contribution in [0.3, 0.4) is 0 Å². The molecule has 0 aromatic heterocycles. The van der Waals surface area contributed by atoms with E-state index in [2.05, 4.69) is 70.8 Å². The van der Waals surface area contributed by atoms with Crippen molar-refractivity contribution in [2.45, 2.75) is 55.4 Å². The molecule has 236 valence electrons. The van der Waals surface area contributed by atoms with Crippen LogP contribution in [-0.4, -0.2) is 117 Å². The Morgan fingerprint density at radius 3 is 1.21 bits per heavy atom. The highest BCUT2D eigenvalue weighted by molar-refractivity contribution is 8.13. The molecule has 0 atom stereocenters. The van der Waals surface area contributed by atoms with Crippen molar-refractivity contribution in [1.29, 1.82) is 0 Å². The molecule has 12 nitrogen and oxygen atoms in total. The summed E-state index contributed by atoms with van der Waals surface area (Å²) < 4.78 is 52.3. The van der Waals surface area contributed by atoms with E-state index < -0.39 is 44.3 Å². The number of aliphatic hydroxyl groups excluding tert-OH is 1. The second-order valence-corrected chi connectivity index (χ2v) is 11.5. The number of quaternary nitrogens is 1. The Kier molecular flexibility index (Phi) is 45.2. The lowest BCUT2D eigenvalue weighted by Crippen LogP contribution is -3.11. The summed E-state index contributed by atoms with van der Waals surface area (Å²) in [6.45, 7) is 23.4. The second-order valence-electron chi connectivity index (χ2n) is 6.85. The van der Waals surface area contributed by atoms with Gasteiger partial charge in [0.15, 0.2) is 6.61 Å². The Labute approximate surface area is 242 Å². The molecule has 0 aromatic carbocycles. The maximum Gasteiger partial charge on any atom is 0.333 e. The number of carbonyl (C=O) groups is 2. The van der Waals surface area contributed by atoms with Crippen LogP contribution in [0.5, 0.6) is 0 Å². The molecule has 0 aliphatic carbocycles. The van der Waals surface area contributed by atoms with Crippen molar-refractivity contribution in [3.8, 4) is 0 Å². The van der Waals surface area contributed by atoms with Crippen LogP contribution in [0.4, 0.5) is 0 Å². The van der Waals surface area contributed by atoms with Crippen molar-refractivity contribution in [3.05, 3.63) is 0 Å². The fraction of sp³-hybridized carbons (Fsp3) is 0.909. The number of esters is 2. The first kappa shape index (κ1) is 50.1. The topological polar surface area (TPSA) is 158 Å². The maximum atomic E-state index is 10.5. The number of nitrogens with one attached hydrogen (secondary N) is 1. The lowest BCUT2D eigenvalue weighted by Gasteiger charge is -2.13. The van der Waals surface area contributed by atoms with Crippen LogP contribution in [0.1, 0.15) is 55.4 Å². The molecule has 38 heavy (non-hydrogen) atoms. The van der Waals surface area contributed by atoms with Gasteiger partial charge in [-0.2, -0.15) is 8.42 Å². The van der Waals surface area contributed by atoms with Gasteiger partial charge in [-0.3, -0.25) is 4.18 Å². The predicted octanol–water partition coefficient (Wildman–Crippen LogP) is -2.46. The van der Waals surface area contributed by atoms with Gasteiger partial charge in [0, 0.05) is 10.7 Å². The van der Waals surface area contributed by atoms with E-state index in [0.29, 0.717) is 6.61 Å². The van der Waals surface area contributed by atoms with Crippen LogP contribution in [0.25, 0.3) is 0 Å². The summed E-state index contributed by atoms with van der Waals surface area (Å²) in [5.74, 6) is -1.25. The largest absolute Gasteiger partial charge is 1.00 e. The van der Waals surface area contributed by atoms with Gasteiger partial charge < -0.3 is 36.8 Å². The lowest BCUT2D eigenvalue weighted by molar-refractivity contribution is -0.894. The quantitative estimate of drug-likeness (QED) is 0.133. The van der Waals surface area contributed by atoms with E-state index in [0.717, 1.165) is 12.5 Å². The van der Waals surface area contributed by atoms with Crippen molar-refractivity contribution in [3.63, 3.8) is 0 Å². The smallest absolute Gasteiger partial charge is 0.333 e. The number of hydrogen-bond donors (Lipinski definition) is 2. The van der Waals surface area contributed by atoms with Crippen molar-refractivity contribution in [2.75, 3.05) is 78.2 Å². The Hall–Kier alpha value is -0.740. The molecule has 0 heterocycles. The third kappa shape index (κ3) is 64.9. The number of rotatable bonds is 12. The summed E-state index contributed by atoms with van der Waals surface area (Å²) in [7, 11) is -2.23. The van der Waals surface area contributed by atoms with E-state index in [-0.39, 0.29) is 19.0 Å². The van der Waals surface area contributed by atoms with Crippen molar-refractivity contribution in [2.24, 2.45) is 0 Å². The summed E-state index contributed by atoms with van der Waals surface area (Å²) in [6, 6.07) is 0. The Morgan fingerprint density at radius 1 is 0.763 bits per heavy atom. The summed E-state index contributed by atoms with van der Waals surface area (Å²) >= 11 is 0. The molecular formula is C22H52Cl2N2O10S2. The highest BCUT2D eigenvalue weighted by Gasteiger charge is 2.07. The van der Waals surface area contributed by atoms with Gasteiger partial charge in [0.2, 0.25) is 9.05 Å². The number of halogens is 2. The first-order chi connectivity index (χ1) is 17.0. The number of aliphatic hydroxyl groups is 1. The minimum absolute atomic E-state index is 0. The van der Waals surface area contributed by atoms with Gasteiger partial charge in [-0.1, -0.05) is 20.8 Å². The molecule has 16 heteroatoms. The number of nitrogens with zero attached hydrogens (tertiary/aromatic N) is 1. The van der Waals surface area contributed by atoms with E-state index in [1.165, 1.54) is 39.3 Å². The molecular weight excluding hydrogens is 587 g/mol. The zero-order chi connectivity index (χ0) is 30.5. The van der Waals surface area contributed by atoms with Crippen LogP contribution in [-0.2, 0) is 42.4 Å². The van der Waals surface area contributed by atoms with Gasteiger partial charge in [0.25, 0.3) is 10.1 Å². The zero-order valence-corrected chi connectivity index (χ0v) is 27.9. The first-order valence-electron chi connectivity index (χ1n) is 12.2. The van der Waals surface area contributed by atoms with Crippen molar-refractivity contribution >= 4 is 41.8 Å². The molecule has 0 amide bonds. The zero-order valence-electron chi connectivity index (χ0n) is 24.7. The van der Waals surface area contributed by atoms with Crippen molar-refractivity contribution < 1.29 is 62.5 Å². The Bertz CT molecular complexity index is 687. The minimum Gasteiger partial charge on any atom is -1.00 e. The molecule has 0 aliphatic heterocycles. The maximum absolute atomic E-state index is 10.5. The second kappa shape index (κ2) is 34.3. The molecule has 0 bridgehead atoms. The summed E-state index contributed by atoms with van der Waals surface area (Å²) in [5.41, 5.74) is 0. The van der Waals surface area contributed by atoms with E-state index in [1.54, 1.807) is 18.7 Å². The predicted molar refractivity (Wildman–Crippen MR) is 148 cm³/mol. The molecule has 0 aliphatic rings. The average molecular weight is 640 g/mol. The van der Waals surface area contributed by atoms with Gasteiger partial charge in [-0.25, -0.2) is 18.0 Å². The first-order valence-corrected chi connectivity index (χ1v) is 16.7. The Morgan fingerprint density at radius 2 is 1.08 bits per heavy atom.